The van der Waals surface area contributed by atoms with Crippen molar-refractivity contribution >= 4 is 11.9 Å². The second-order valence-corrected chi connectivity index (χ2v) is 6.57. The molecule has 1 amide bonds. The number of nitrogens with one attached hydrogen (secondary N) is 1. The van der Waals surface area contributed by atoms with E-state index in [-0.39, 0.29) is 30.5 Å². The highest BCUT2D eigenvalue weighted by Gasteiger charge is 2.38. The topological polar surface area (TPSA) is 75.6 Å². The van der Waals surface area contributed by atoms with Gasteiger partial charge >= 0.3 is 5.97 Å². The number of ether oxygens (including phenoxy) is 1. The second kappa shape index (κ2) is 11.4. The van der Waals surface area contributed by atoms with Crippen molar-refractivity contribution < 1.29 is 19.4 Å². The summed E-state index contributed by atoms with van der Waals surface area (Å²) in [6, 6.07) is -0.478. The van der Waals surface area contributed by atoms with Crippen molar-refractivity contribution in [2.45, 2.75) is 90.2 Å². The molecule has 1 aliphatic rings. The van der Waals surface area contributed by atoms with Crippen LogP contribution in [0, 0.1) is 5.92 Å². The Morgan fingerprint density at radius 2 is 1.91 bits per heavy atom. The van der Waals surface area contributed by atoms with E-state index >= 15 is 0 Å². The van der Waals surface area contributed by atoms with Crippen LogP contribution in [0.2, 0.25) is 0 Å². The molecule has 0 aliphatic carbocycles. The first-order valence-corrected chi connectivity index (χ1v) is 9.23. The average Bonchev–Trinajstić information content (AvgIpc) is 2.90. The van der Waals surface area contributed by atoms with Gasteiger partial charge in [0.05, 0.1) is 18.6 Å². The number of carbonyl (C=O) groups is 2. The third kappa shape index (κ3) is 7.34. The lowest BCUT2D eigenvalue weighted by molar-refractivity contribution is -0.146. The van der Waals surface area contributed by atoms with Crippen molar-refractivity contribution in [3.8, 4) is 0 Å². The summed E-state index contributed by atoms with van der Waals surface area (Å²) in [5.74, 6) is -0.326. The molecule has 2 N–H and O–H groups in total. The first-order chi connectivity index (χ1) is 11.1. The van der Waals surface area contributed by atoms with Crippen LogP contribution in [0.15, 0.2) is 0 Å². The highest BCUT2D eigenvalue weighted by molar-refractivity contribution is 5.77. The Bertz CT molecular complexity index is 359. The van der Waals surface area contributed by atoms with Crippen molar-refractivity contribution in [3.05, 3.63) is 0 Å². The summed E-state index contributed by atoms with van der Waals surface area (Å²) in [6.45, 7) is 4.06. The van der Waals surface area contributed by atoms with E-state index in [1.54, 1.807) is 0 Å². The van der Waals surface area contributed by atoms with Crippen molar-refractivity contribution in [2.24, 2.45) is 5.92 Å². The largest absolute Gasteiger partial charge is 0.460 e. The Hall–Kier alpha value is -1.10. The van der Waals surface area contributed by atoms with E-state index in [0.717, 1.165) is 38.5 Å². The fourth-order valence-corrected chi connectivity index (χ4v) is 3.04. The summed E-state index contributed by atoms with van der Waals surface area (Å²) in [7, 11) is 0. The summed E-state index contributed by atoms with van der Waals surface area (Å²) < 4.78 is 5.40. The van der Waals surface area contributed by atoms with Crippen LogP contribution in [0.3, 0.4) is 0 Å². The molecule has 1 rings (SSSR count). The summed E-state index contributed by atoms with van der Waals surface area (Å²) >= 11 is 0. The maximum atomic E-state index is 11.9. The number of hydrogen-bond acceptors (Lipinski definition) is 4. The lowest BCUT2D eigenvalue weighted by atomic mass is 9.95. The highest BCUT2D eigenvalue weighted by Crippen LogP contribution is 2.28. The molecule has 1 fully saturated rings. The Balaban J connectivity index is 2.37. The third-order valence-corrected chi connectivity index (χ3v) is 4.52. The van der Waals surface area contributed by atoms with Crippen molar-refractivity contribution in [1.82, 2.24) is 5.32 Å². The van der Waals surface area contributed by atoms with Crippen LogP contribution >= 0.6 is 0 Å². The van der Waals surface area contributed by atoms with Gasteiger partial charge in [0.15, 0.2) is 0 Å². The number of cyclic esters (lactones) is 1. The van der Waals surface area contributed by atoms with Crippen LogP contribution in [0.1, 0.15) is 78.1 Å². The lowest BCUT2D eigenvalue weighted by Gasteiger charge is -2.21. The van der Waals surface area contributed by atoms with Crippen LogP contribution < -0.4 is 5.32 Å². The van der Waals surface area contributed by atoms with Crippen molar-refractivity contribution in [3.63, 3.8) is 0 Å². The van der Waals surface area contributed by atoms with Gasteiger partial charge in [0.2, 0.25) is 5.91 Å². The Morgan fingerprint density at radius 3 is 2.57 bits per heavy atom. The average molecular weight is 327 g/mol. The number of unbranched alkanes of at least 4 members (excludes halogenated alkanes) is 5. The Kier molecular flexibility index (Phi) is 9.92. The van der Waals surface area contributed by atoms with Gasteiger partial charge in [0, 0.05) is 6.42 Å². The standard InChI is InChI=1S/C18H33NO4/c1-3-5-7-9-10-14-12-16(23-18(14)22)15(13-20)19-17(21)11-8-6-4-2/h14-16,20H,3-13H2,1-2H3,(H,19,21)/t14?,15-,16+/m0/s1. The molecule has 1 unspecified atom stereocenters. The summed E-state index contributed by atoms with van der Waals surface area (Å²) in [4.78, 5) is 23.8. The maximum Gasteiger partial charge on any atom is 0.309 e. The maximum absolute atomic E-state index is 11.9. The number of esters is 1. The number of rotatable bonds is 12. The number of hydrogen-bond donors (Lipinski definition) is 2. The molecule has 1 saturated heterocycles. The summed E-state index contributed by atoms with van der Waals surface area (Å²) in [5.41, 5.74) is 0. The zero-order valence-corrected chi connectivity index (χ0v) is 14.7. The molecule has 0 spiro atoms. The number of aliphatic hydroxyl groups is 1. The van der Waals surface area contributed by atoms with E-state index in [9.17, 15) is 14.7 Å². The molecule has 1 heterocycles. The Labute approximate surface area is 140 Å². The smallest absolute Gasteiger partial charge is 0.309 e. The van der Waals surface area contributed by atoms with E-state index in [1.165, 1.54) is 12.8 Å². The van der Waals surface area contributed by atoms with Gasteiger partial charge in [-0.25, -0.2) is 0 Å². The monoisotopic (exact) mass is 327 g/mol. The van der Waals surface area contributed by atoms with Gasteiger partial charge in [0.25, 0.3) is 0 Å². The molecule has 0 bridgehead atoms. The molecule has 3 atom stereocenters. The molecule has 1 aliphatic heterocycles. The predicted octanol–water partition coefficient (Wildman–Crippen LogP) is 2.95. The fraction of sp³-hybridized carbons (Fsp3) is 0.889. The molecular weight excluding hydrogens is 294 g/mol. The van der Waals surface area contributed by atoms with Crippen LogP contribution in [-0.4, -0.2) is 35.7 Å². The molecular formula is C18H33NO4. The van der Waals surface area contributed by atoms with Crippen molar-refractivity contribution in [1.29, 1.82) is 0 Å². The summed E-state index contributed by atoms with van der Waals surface area (Å²) in [6.07, 6.45) is 9.01. The SMILES string of the molecule is CCCCCCC1C[C@H]([C@H](CO)NC(=O)CCCCC)OC1=O. The van der Waals surface area contributed by atoms with E-state index in [4.69, 9.17) is 4.74 Å². The van der Waals surface area contributed by atoms with Gasteiger partial charge in [0.1, 0.15) is 6.10 Å². The van der Waals surface area contributed by atoms with Crippen LogP contribution in [0.4, 0.5) is 0 Å². The van der Waals surface area contributed by atoms with E-state index in [0.29, 0.717) is 12.8 Å². The normalized spacial score (nSPS) is 22.0. The number of amides is 1. The molecule has 0 aromatic carbocycles. The number of aliphatic hydroxyl groups excluding tert-OH is 1. The first-order valence-electron chi connectivity index (χ1n) is 9.23. The van der Waals surface area contributed by atoms with Gasteiger partial charge in [-0.3, -0.25) is 9.59 Å². The Morgan fingerprint density at radius 1 is 1.22 bits per heavy atom. The predicted molar refractivity (Wildman–Crippen MR) is 89.9 cm³/mol. The second-order valence-electron chi connectivity index (χ2n) is 6.57. The minimum absolute atomic E-state index is 0.0695. The quantitative estimate of drug-likeness (QED) is 0.427. The zero-order chi connectivity index (χ0) is 17.1. The minimum atomic E-state index is -0.478. The molecule has 5 nitrogen and oxygen atoms in total. The molecule has 0 aromatic rings. The van der Waals surface area contributed by atoms with Gasteiger partial charge in [-0.05, 0) is 19.3 Å². The van der Waals surface area contributed by atoms with Gasteiger partial charge < -0.3 is 15.2 Å². The third-order valence-electron chi connectivity index (χ3n) is 4.52. The lowest BCUT2D eigenvalue weighted by Crippen LogP contribution is -2.45. The van der Waals surface area contributed by atoms with Crippen LogP contribution in [0.5, 0.6) is 0 Å². The fourth-order valence-electron chi connectivity index (χ4n) is 3.04. The van der Waals surface area contributed by atoms with E-state index in [1.807, 2.05) is 0 Å². The molecule has 0 radical (unpaired) electrons. The zero-order valence-electron chi connectivity index (χ0n) is 14.7. The minimum Gasteiger partial charge on any atom is -0.460 e. The summed E-state index contributed by atoms with van der Waals surface area (Å²) in [5, 5.41) is 12.3. The van der Waals surface area contributed by atoms with E-state index < -0.39 is 6.04 Å². The van der Waals surface area contributed by atoms with E-state index in [2.05, 4.69) is 19.2 Å². The molecule has 134 valence electrons. The molecule has 0 aromatic heterocycles. The van der Waals surface area contributed by atoms with Crippen LogP contribution in [-0.2, 0) is 14.3 Å². The number of carbonyl (C=O) groups excluding carboxylic acids is 2. The highest BCUT2D eigenvalue weighted by atomic mass is 16.6. The molecule has 0 saturated carbocycles. The van der Waals surface area contributed by atoms with Gasteiger partial charge in [-0.1, -0.05) is 52.4 Å². The van der Waals surface area contributed by atoms with Gasteiger partial charge in [-0.15, -0.1) is 0 Å². The molecule has 23 heavy (non-hydrogen) atoms. The molecule has 5 heteroatoms. The van der Waals surface area contributed by atoms with Gasteiger partial charge in [-0.2, -0.15) is 0 Å². The van der Waals surface area contributed by atoms with Crippen molar-refractivity contribution in [2.75, 3.05) is 6.61 Å². The van der Waals surface area contributed by atoms with Crippen LogP contribution in [0.25, 0.3) is 0 Å². The first kappa shape index (κ1) is 19.9.